The number of thiol groups is 1. The van der Waals surface area contributed by atoms with Gasteiger partial charge in [-0.1, -0.05) is 46.3 Å². The number of rotatable bonds is 3. The van der Waals surface area contributed by atoms with E-state index in [2.05, 4.69) is 94.8 Å². The molecule has 0 saturated carbocycles. The van der Waals surface area contributed by atoms with Gasteiger partial charge < -0.3 is 0 Å². The molecule has 0 bridgehead atoms. The van der Waals surface area contributed by atoms with Crippen LogP contribution >= 0.6 is 23.7 Å². The second kappa shape index (κ2) is 7.49. The van der Waals surface area contributed by atoms with E-state index in [0.717, 1.165) is 4.47 Å². The van der Waals surface area contributed by atoms with E-state index in [4.69, 9.17) is 0 Å². The van der Waals surface area contributed by atoms with Crippen LogP contribution in [0.2, 0.25) is 0 Å². The van der Waals surface area contributed by atoms with Gasteiger partial charge in [0.05, 0.1) is 0 Å². The Morgan fingerprint density at radius 3 is 1.37 bits per heavy atom. The molecule has 146 valence electrons. The van der Waals surface area contributed by atoms with E-state index in [0.29, 0.717) is 0 Å². The summed E-state index contributed by atoms with van der Waals surface area (Å²) in [5.41, 5.74) is 2.50. The molecule has 0 fully saturated rings. The number of hydrogen-bond donors (Lipinski definition) is 0. The first-order valence-corrected chi connectivity index (χ1v) is 11.2. The van der Waals surface area contributed by atoms with Gasteiger partial charge in [0, 0.05) is 16.2 Å². The van der Waals surface area contributed by atoms with Crippen LogP contribution in [-0.2, 0) is 11.8 Å². The molecule has 0 N–H and O–H groups in total. The monoisotopic (exact) mass is 486 g/mol. The van der Waals surface area contributed by atoms with Crippen molar-refractivity contribution < 1.29 is 25.2 Å². The zero-order chi connectivity index (χ0) is 20.2. The van der Waals surface area contributed by atoms with Crippen LogP contribution in [0.1, 0.15) is 0 Å². The molecule has 9 heteroatoms. The summed E-state index contributed by atoms with van der Waals surface area (Å²) in [5.74, 6) is 0. The SMILES string of the molecule is Brc1ccc(-c2ccc([SH+]c3ccccc3)cc2)cc1.F[P-](F)(F)(F)(F)F. The van der Waals surface area contributed by atoms with Crippen molar-refractivity contribution in [1.82, 2.24) is 0 Å². The molecule has 27 heavy (non-hydrogen) atoms. The van der Waals surface area contributed by atoms with Crippen molar-refractivity contribution >= 4 is 35.5 Å². The minimum absolute atomic E-state index is 1.11. The third-order valence-electron chi connectivity index (χ3n) is 3.06. The predicted octanol–water partition coefficient (Wildman–Crippen LogP) is 8.73. The van der Waals surface area contributed by atoms with Gasteiger partial charge in [-0.15, -0.1) is 0 Å². The van der Waals surface area contributed by atoms with Crippen molar-refractivity contribution in [2.24, 2.45) is 0 Å². The van der Waals surface area contributed by atoms with Gasteiger partial charge in [0.25, 0.3) is 0 Å². The molecule has 0 aliphatic rings. The molecule has 0 unspecified atom stereocenters. The van der Waals surface area contributed by atoms with Crippen molar-refractivity contribution in [3.05, 3.63) is 83.3 Å². The van der Waals surface area contributed by atoms with Crippen LogP contribution in [0, 0.1) is 0 Å². The first-order chi connectivity index (χ1) is 12.3. The van der Waals surface area contributed by atoms with E-state index < -0.39 is 7.81 Å². The summed E-state index contributed by atoms with van der Waals surface area (Å²) < 4.78 is 60.3. The zero-order valence-electron chi connectivity index (χ0n) is 13.5. The quantitative estimate of drug-likeness (QED) is 0.150. The van der Waals surface area contributed by atoms with Crippen LogP contribution in [-0.4, -0.2) is 0 Å². The van der Waals surface area contributed by atoms with Crippen LogP contribution in [0.3, 0.4) is 0 Å². The Bertz CT molecular complexity index is 868. The summed E-state index contributed by atoms with van der Waals surface area (Å²) in [7, 11) is -10.7. The van der Waals surface area contributed by atoms with Gasteiger partial charge in [-0.25, -0.2) is 0 Å². The molecule has 0 aliphatic heterocycles. The summed E-state index contributed by atoms with van der Waals surface area (Å²) in [6, 6.07) is 27.7. The van der Waals surface area contributed by atoms with Gasteiger partial charge >= 0.3 is 33.0 Å². The Morgan fingerprint density at radius 2 is 0.926 bits per heavy atom. The fourth-order valence-corrected chi connectivity index (χ4v) is 3.20. The molecule has 3 rings (SSSR count). The average Bonchev–Trinajstić information content (AvgIpc) is 2.55. The summed E-state index contributed by atoms with van der Waals surface area (Å²) in [4.78, 5) is 2.64. The molecule has 3 aromatic rings. The van der Waals surface area contributed by atoms with Gasteiger partial charge in [-0.05, 0) is 59.7 Å². The van der Waals surface area contributed by atoms with Crippen molar-refractivity contribution in [3.8, 4) is 11.1 Å². The van der Waals surface area contributed by atoms with Gasteiger partial charge in [-0.2, -0.15) is 0 Å². The molecule has 0 saturated heterocycles. The van der Waals surface area contributed by atoms with Crippen LogP contribution in [0.15, 0.2) is 93.1 Å². The summed E-state index contributed by atoms with van der Waals surface area (Å²) in [5, 5.41) is 0. The topological polar surface area (TPSA) is 0 Å². The van der Waals surface area contributed by atoms with Crippen molar-refractivity contribution in [1.29, 1.82) is 0 Å². The number of hydrogen-bond acceptors (Lipinski definition) is 0. The Labute approximate surface area is 165 Å². The first kappa shape index (κ1) is 21.8. The molecule has 0 amide bonds. The Kier molecular flexibility index (Phi) is 6.05. The third-order valence-corrected chi connectivity index (χ3v) is 4.70. The molecule has 0 nitrogen and oxygen atoms in total. The van der Waals surface area contributed by atoms with E-state index >= 15 is 0 Å². The van der Waals surface area contributed by atoms with E-state index in [-0.39, 0.29) is 0 Å². The van der Waals surface area contributed by atoms with E-state index in [1.165, 1.54) is 32.7 Å². The molecular weight excluding hydrogens is 473 g/mol. The van der Waals surface area contributed by atoms with Crippen molar-refractivity contribution in [2.45, 2.75) is 9.79 Å². The number of halogens is 7. The van der Waals surface area contributed by atoms with Crippen LogP contribution in [0.25, 0.3) is 11.1 Å². The molecule has 0 radical (unpaired) electrons. The first-order valence-electron chi connectivity index (χ1n) is 7.45. The molecular formula is C18H14BrF6PS. The van der Waals surface area contributed by atoms with E-state index in [1.54, 1.807) is 0 Å². The maximum atomic E-state index is 9.87. The Morgan fingerprint density at radius 1 is 0.556 bits per heavy atom. The Hall–Kier alpha value is -1.50. The van der Waals surface area contributed by atoms with Gasteiger partial charge in [0.2, 0.25) is 0 Å². The van der Waals surface area contributed by atoms with Gasteiger partial charge in [-0.3, -0.25) is 0 Å². The standard InChI is InChI=1S/C18H13BrS.F6P/c19-16-10-6-14(7-11-16)15-8-12-18(13-9-15)20-17-4-2-1-3-5-17;1-7(2,3,4,5)6/h1-13H;/q;-1/p+1. The van der Waals surface area contributed by atoms with Crippen LogP contribution in [0.5, 0.6) is 0 Å². The molecule has 0 heterocycles. The van der Waals surface area contributed by atoms with E-state index in [1.807, 2.05) is 0 Å². The third kappa shape index (κ3) is 10.4. The van der Waals surface area contributed by atoms with Crippen LogP contribution in [0.4, 0.5) is 25.2 Å². The zero-order valence-corrected chi connectivity index (χ0v) is 16.9. The fraction of sp³-hybridized carbons (Fsp3) is 0. The summed E-state index contributed by atoms with van der Waals surface area (Å²) >= 11 is 4.72. The second-order valence-electron chi connectivity index (χ2n) is 5.46. The van der Waals surface area contributed by atoms with Crippen molar-refractivity contribution in [2.75, 3.05) is 0 Å². The normalized spacial score (nSPS) is 13.7. The average molecular weight is 487 g/mol. The maximum absolute atomic E-state index is 10.7. The summed E-state index contributed by atoms with van der Waals surface area (Å²) in [6.07, 6.45) is 0. The fourth-order valence-electron chi connectivity index (χ4n) is 2.02. The van der Waals surface area contributed by atoms with Gasteiger partial charge in [0.1, 0.15) is 0 Å². The minimum atomic E-state index is -10.7. The predicted molar refractivity (Wildman–Crippen MR) is 105 cm³/mol. The molecule has 0 atom stereocenters. The van der Waals surface area contributed by atoms with Gasteiger partial charge in [0.15, 0.2) is 9.79 Å². The number of benzene rings is 3. The second-order valence-corrected chi connectivity index (χ2v) is 9.55. The summed E-state index contributed by atoms with van der Waals surface area (Å²) in [6.45, 7) is 0. The molecule has 3 aromatic carbocycles. The molecule has 0 aliphatic carbocycles. The van der Waals surface area contributed by atoms with E-state index in [9.17, 15) is 25.2 Å². The molecule has 0 aromatic heterocycles. The Balaban J connectivity index is 0.000000321. The molecule has 0 spiro atoms. The van der Waals surface area contributed by atoms with Crippen molar-refractivity contribution in [3.63, 3.8) is 0 Å². The van der Waals surface area contributed by atoms with Crippen LogP contribution < -0.4 is 0 Å².